The summed E-state index contributed by atoms with van der Waals surface area (Å²) in [5.41, 5.74) is 3.79. The van der Waals surface area contributed by atoms with Crippen LogP contribution in [0.15, 0.2) is 22.9 Å². The average Bonchev–Trinajstić information content (AvgIpc) is 3.31. The minimum Gasteiger partial charge on any atom is -0.361 e. The molecule has 0 bridgehead atoms. The predicted octanol–water partition coefficient (Wildman–Crippen LogP) is 3.15. The van der Waals surface area contributed by atoms with Crippen LogP contribution in [0.2, 0.25) is 0 Å². The van der Waals surface area contributed by atoms with Crippen molar-refractivity contribution < 1.29 is 9.32 Å². The quantitative estimate of drug-likeness (QED) is 0.764. The van der Waals surface area contributed by atoms with Gasteiger partial charge in [0.15, 0.2) is 5.82 Å². The molecular weight excluding hydrogens is 344 g/mol. The number of aromatic amines is 1. The first-order valence-corrected chi connectivity index (χ1v) is 9.13. The molecule has 4 heterocycles. The molecule has 0 spiro atoms. The molecule has 3 aromatic rings. The molecule has 4 rings (SSSR count). The van der Waals surface area contributed by atoms with E-state index in [4.69, 9.17) is 9.51 Å². The molecule has 0 aliphatic carbocycles. The summed E-state index contributed by atoms with van der Waals surface area (Å²) in [5, 5.41) is 10.7. The number of likely N-dealkylation sites (tertiary alicyclic amines) is 1. The van der Waals surface area contributed by atoms with Crippen LogP contribution in [0.5, 0.6) is 0 Å². The lowest BCUT2D eigenvalue weighted by Crippen LogP contribution is -2.39. The van der Waals surface area contributed by atoms with Crippen LogP contribution in [-0.4, -0.2) is 42.7 Å². The minimum absolute atomic E-state index is 0.0487. The van der Waals surface area contributed by atoms with Crippen LogP contribution in [0.3, 0.4) is 0 Å². The van der Waals surface area contributed by atoms with Gasteiger partial charge in [0.25, 0.3) is 5.91 Å². The number of hydrogen-bond donors (Lipinski definition) is 1. The number of carbonyl (C=O) groups excluding carboxylic acids is 1. The van der Waals surface area contributed by atoms with Gasteiger partial charge in [-0.1, -0.05) is 5.16 Å². The number of nitrogens with one attached hydrogen (secondary N) is 1. The molecule has 1 N–H and O–H groups in total. The van der Waals surface area contributed by atoms with Gasteiger partial charge in [0.05, 0.1) is 23.0 Å². The summed E-state index contributed by atoms with van der Waals surface area (Å²) >= 11 is 0. The largest absolute Gasteiger partial charge is 0.361 e. The van der Waals surface area contributed by atoms with Crippen molar-refractivity contribution in [2.45, 2.75) is 46.1 Å². The Bertz CT molecular complexity index is 943. The van der Waals surface area contributed by atoms with Gasteiger partial charge < -0.3 is 9.42 Å². The zero-order chi connectivity index (χ0) is 19.0. The molecule has 1 aliphatic heterocycles. The summed E-state index contributed by atoms with van der Waals surface area (Å²) in [7, 11) is 0. The van der Waals surface area contributed by atoms with E-state index in [0.29, 0.717) is 23.8 Å². The number of carbonyl (C=O) groups is 1. The third-order valence-corrected chi connectivity index (χ3v) is 4.97. The number of H-pyrrole nitrogens is 1. The maximum absolute atomic E-state index is 12.9. The molecule has 0 saturated carbocycles. The lowest BCUT2D eigenvalue weighted by atomic mass is 9.98. The van der Waals surface area contributed by atoms with E-state index in [2.05, 4.69) is 20.3 Å². The van der Waals surface area contributed by atoms with Gasteiger partial charge in [0.2, 0.25) is 0 Å². The van der Waals surface area contributed by atoms with Crippen LogP contribution >= 0.6 is 0 Å². The van der Waals surface area contributed by atoms with Crippen molar-refractivity contribution in [1.29, 1.82) is 0 Å². The lowest BCUT2D eigenvalue weighted by Gasteiger charge is -2.35. The molecule has 3 aromatic heterocycles. The monoisotopic (exact) mass is 366 g/mol. The van der Waals surface area contributed by atoms with Crippen LogP contribution < -0.4 is 0 Å². The number of aryl methyl sites for hydroxylation is 3. The van der Waals surface area contributed by atoms with E-state index in [9.17, 15) is 4.79 Å². The number of amides is 1. The van der Waals surface area contributed by atoms with Gasteiger partial charge in [-0.3, -0.25) is 9.89 Å². The maximum Gasteiger partial charge on any atom is 0.272 e. The van der Waals surface area contributed by atoms with Crippen molar-refractivity contribution in [2.75, 3.05) is 6.54 Å². The summed E-state index contributed by atoms with van der Waals surface area (Å²) < 4.78 is 5.28. The molecule has 1 aliphatic rings. The van der Waals surface area contributed by atoms with E-state index in [1.807, 2.05) is 31.7 Å². The van der Waals surface area contributed by atoms with Gasteiger partial charge >= 0.3 is 0 Å². The molecule has 140 valence electrons. The zero-order valence-electron chi connectivity index (χ0n) is 15.7. The fourth-order valence-electron chi connectivity index (χ4n) is 3.69. The minimum atomic E-state index is -0.0875. The Labute approximate surface area is 157 Å². The highest BCUT2D eigenvalue weighted by molar-refractivity contribution is 5.92. The summed E-state index contributed by atoms with van der Waals surface area (Å²) in [4.78, 5) is 24.2. The fourth-order valence-corrected chi connectivity index (χ4v) is 3.69. The van der Waals surface area contributed by atoms with Gasteiger partial charge in [0, 0.05) is 18.4 Å². The smallest absolute Gasteiger partial charge is 0.272 e. The maximum atomic E-state index is 12.9. The van der Waals surface area contributed by atoms with Gasteiger partial charge in [-0.15, -0.1) is 0 Å². The van der Waals surface area contributed by atoms with Crippen molar-refractivity contribution in [1.82, 2.24) is 30.2 Å². The highest BCUT2D eigenvalue weighted by Crippen LogP contribution is 2.33. The second kappa shape index (κ2) is 6.94. The molecule has 1 saturated heterocycles. The highest BCUT2D eigenvalue weighted by Gasteiger charge is 2.31. The van der Waals surface area contributed by atoms with Crippen molar-refractivity contribution >= 4 is 5.91 Å². The van der Waals surface area contributed by atoms with Crippen LogP contribution in [0, 0.1) is 20.8 Å². The number of hydrogen-bond acceptors (Lipinski definition) is 6. The predicted molar refractivity (Wildman–Crippen MR) is 98.0 cm³/mol. The second-order valence-electron chi connectivity index (χ2n) is 6.94. The van der Waals surface area contributed by atoms with Crippen LogP contribution in [0.4, 0.5) is 0 Å². The summed E-state index contributed by atoms with van der Waals surface area (Å²) in [5.74, 6) is 1.24. The van der Waals surface area contributed by atoms with Crippen molar-refractivity contribution in [3.8, 4) is 11.4 Å². The SMILES string of the molecule is Cc1cc([C@@H]2CCCCN2C(=O)c2ccn[nH]2)nc(-c2c(C)noc2C)n1. The van der Waals surface area contributed by atoms with Gasteiger partial charge in [-0.05, 0) is 52.2 Å². The van der Waals surface area contributed by atoms with Crippen molar-refractivity contribution in [3.63, 3.8) is 0 Å². The Morgan fingerprint density at radius 2 is 2.11 bits per heavy atom. The molecule has 1 atom stereocenters. The Morgan fingerprint density at radius 3 is 2.81 bits per heavy atom. The molecule has 1 fully saturated rings. The normalized spacial score (nSPS) is 17.3. The second-order valence-corrected chi connectivity index (χ2v) is 6.94. The van der Waals surface area contributed by atoms with Crippen molar-refractivity contribution in [2.24, 2.45) is 0 Å². The topological polar surface area (TPSA) is 101 Å². The molecule has 0 aromatic carbocycles. The Balaban J connectivity index is 1.74. The van der Waals surface area contributed by atoms with Crippen LogP contribution in [0.1, 0.15) is 58.6 Å². The van der Waals surface area contributed by atoms with E-state index in [0.717, 1.165) is 41.9 Å². The molecule has 27 heavy (non-hydrogen) atoms. The van der Waals surface area contributed by atoms with Gasteiger partial charge in [0.1, 0.15) is 11.5 Å². The van der Waals surface area contributed by atoms with Gasteiger partial charge in [-0.25, -0.2) is 9.97 Å². The summed E-state index contributed by atoms with van der Waals surface area (Å²) in [6.45, 7) is 6.38. The number of aromatic nitrogens is 5. The molecule has 0 unspecified atom stereocenters. The first-order valence-electron chi connectivity index (χ1n) is 9.13. The molecular formula is C19H22N6O2. The summed E-state index contributed by atoms with van der Waals surface area (Å²) in [6, 6.07) is 3.58. The summed E-state index contributed by atoms with van der Waals surface area (Å²) in [6.07, 6.45) is 4.51. The van der Waals surface area contributed by atoms with E-state index >= 15 is 0 Å². The zero-order valence-corrected chi connectivity index (χ0v) is 15.7. The molecule has 8 heteroatoms. The average molecular weight is 366 g/mol. The first-order chi connectivity index (χ1) is 13.0. The van der Waals surface area contributed by atoms with E-state index < -0.39 is 0 Å². The Morgan fingerprint density at radius 1 is 1.26 bits per heavy atom. The van der Waals surface area contributed by atoms with Crippen LogP contribution in [0.25, 0.3) is 11.4 Å². The van der Waals surface area contributed by atoms with E-state index in [1.54, 1.807) is 12.3 Å². The fraction of sp³-hybridized carbons (Fsp3) is 0.421. The Kier molecular flexibility index (Phi) is 4.47. The first kappa shape index (κ1) is 17.4. The number of piperidine rings is 1. The highest BCUT2D eigenvalue weighted by atomic mass is 16.5. The van der Waals surface area contributed by atoms with Crippen molar-refractivity contribution in [3.05, 3.63) is 46.9 Å². The third kappa shape index (κ3) is 3.22. The molecule has 0 radical (unpaired) electrons. The van der Waals surface area contributed by atoms with Gasteiger partial charge in [-0.2, -0.15) is 5.10 Å². The third-order valence-electron chi connectivity index (χ3n) is 4.97. The molecule has 1 amide bonds. The van der Waals surface area contributed by atoms with E-state index in [1.165, 1.54) is 0 Å². The number of nitrogens with zero attached hydrogens (tertiary/aromatic N) is 5. The van der Waals surface area contributed by atoms with E-state index in [-0.39, 0.29) is 11.9 Å². The van der Waals surface area contributed by atoms with Crippen LogP contribution in [-0.2, 0) is 0 Å². The molecule has 8 nitrogen and oxygen atoms in total. The number of rotatable bonds is 3. The standard InChI is InChI=1S/C19H22N6O2/c1-11-10-15(22-18(21-11)17-12(2)24-27-13(17)3)16-6-4-5-9-25(16)19(26)14-7-8-20-23-14/h7-8,10,16H,4-6,9H2,1-3H3,(H,20,23)/t16-/m0/s1. The Hall–Kier alpha value is -3.03. The lowest BCUT2D eigenvalue weighted by molar-refractivity contribution is 0.0599.